The molecule has 0 saturated carbocycles. The van der Waals surface area contributed by atoms with Crippen molar-refractivity contribution in [3.05, 3.63) is 29.3 Å². The zero-order valence-corrected chi connectivity index (χ0v) is 16.1. The molecule has 2 fully saturated rings. The molecule has 0 atom stereocenters. The first-order chi connectivity index (χ1) is 12.6. The van der Waals surface area contributed by atoms with Gasteiger partial charge in [-0.3, -0.25) is 14.6 Å². The molecule has 1 aromatic carbocycles. The Kier molecular flexibility index (Phi) is 6.88. The molecule has 26 heavy (non-hydrogen) atoms. The zero-order chi connectivity index (χ0) is 18.4. The van der Waals surface area contributed by atoms with Gasteiger partial charge in [-0.15, -0.1) is 0 Å². The van der Waals surface area contributed by atoms with Crippen LogP contribution < -0.4 is 4.74 Å². The monoisotopic (exact) mass is 361 g/mol. The van der Waals surface area contributed by atoms with E-state index in [2.05, 4.69) is 41.8 Å². The van der Waals surface area contributed by atoms with Crippen molar-refractivity contribution in [1.29, 1.82) is 0 Å². The van der Waals surface area contributed by atoms with Crippen molar-refractivity contribution in [3.63, 3.8) is 0 Å². The summed E-state index contributed by atoms with van der Waals surface area (Å²) in [6, 6.07) is 6.32. The van der Waals surface area contributed by atoms with Crippen molar-refractivity contribution in [2.45, 2.75) is 13.8 Å². The standard InChI is InChI=1S/C20H31N3O3/c1-17-3-4-18(2)19(15-17)26-14-9-21-5-7-22(8-6-21)16-20(24)23-10-12-25-13-11-23/h3-4,15H,5-14,16H2,1-2H3. The van der Waals surface area contributed by atoms with Crippen LogP contribution in [0.4, 0.5) is 0 Å². The van der Waals surface area contributed by atoms with E-state index in [-0.39, 0.29) is 5.91 Å². The fraction of sp³-hybridized carbons (Fsp3) is 0.650. The Morgan fingerprint density at radius 2 is 1.73 bits per heavy atom. The summed E-state index contributed by atoms with van der Waals surface area (Å²) in [5, 5.41) is 0. The van der Waals surface area contributed by atoms with Gasteiger partial charge in [0.05, 0.1) is 19.8 Å². The molecule has 0 N–H and O–H groups in total. The minimum atomic E-state index is 0.236. The van der Waals surface area contributed by atoms with Crippen LogP contribution in [0, 0.1) is 13.8 Å². The van der Waals surface area contributed by atoms with Crippen molar-refractivity contribution < 1.29 is 14.3 Å². The van der Waals surface area contributed by atoms with Crippen LogP contribution in [0.1, 0.15) is 11.1 Å². The van der Waals surface area contributed by atoms with Gasteiger partial charge in [0, 0.05) is 45.8 Å². The number of amides is 1. The lowest BCUT2D eigenvalue weighted by Gasteiger charge is -2.36. The Bertz CT molecular complexity index is 594. The number of carbonyl (C=O) groups excluding carboxylic acids is 1. The summed E-state index contributed by atoms with van der Waals surface area (Å²) in [7, 11) is 0. The quantitative estimate of drug-likeness (QED) is 0.761. The van der Waals surface area contributed by atoms with Crippen LogP contribution >= 0.6 is 0 Å². The van der Waals surface area contributed by atoms with Gasteiger partial charge in [0.25, 0.3) is 0 Å². The van der Waals surface area contributed by atoms with E-state index in [1.165, 1.54) is 11.1 Å². The third kappa shape index (κ3) is 5.43. The first-order valence-electron chi connectivity index (χ1n) is 9.62. The summed E-state index contributed by atoms with van der Waals surface area (Å²) in [6.07, 6.45) is 0. The average Bonchev–Trinajstić information content (AvgIpc) is 2.66. The molecule has 0 spiro atoms. The largest absolute Gasteiger partial charge is 0.492 e. The number of hydrogen-bond acceptors (Lipinski definition) is 5. The van der Waals surface area contributed by atoms with Crippen molar-refractivity contribution in [2.24, 2.45) is 0 Å². The predicted octanol–water partition coefficient (Wildman–Crippen LogP) is 1.16. The summed E-state index contributed by atoms with van der Waals surface area (Å²) in [5.74, 6) is 1.22. The summed E-state index contributed by atoms with van der Waals surface area (Å²) in [6.45, 7) is 13.0. The predicted molar refractivity (Wildman–Crippen MR) is 102 cm³/mol. The molecule has 0 aromatic heterocycles. The number of ether oxygens (including phenoxy) is 2. The number of hydrogen-bond donors (Lipinski definition) is 0. The van der Waals surface area contributed by atoms with Crippen molar-refractivity contribution in [1.82, 2.24) is 14.7 Å². The fourth-order valence-electron chi connectivity index (χ4n) is 3.42. The number of rotatable bonds is 6. The second-order valence-corrected chi connectivity index (χ2v) is 7.23. The maximum Gasteiger partial charge on any atom is 0.236 e. The van der Waals surface area contributed by atoms with Crippen molar-refractivity contribution in [2.75, 3.05) is 72.2 Å². The van der Waals surface area contributed by atoms with Gasteiger partial charge < -0.3 is 14.4 Å². The lowest BCUT2D eigenvalue weighted by Crippen LogP contribution is -2.52. The van der Waals surface area contributed by atoms with Gasteiger partial charge >= 0.3 is 0 Å². The summed E-state index contributed by atoms with van der Waals surface area (Å²) < 4.78 is 11.3. The number of morpholine rings is 1. The highest BCUT2D eigenvalue weighted by molar-refractivity contribution is 5.78. The Labute approximate surface area is 156 Å². The number of aryl methyl sites for hydroxylation is 2. The van der Waals surface area contributed by atoms with Crippen LogP contribution in [0.3, 0.4) is 0 Å². The van der Waals surface area contributed by atoms with Crippen LogP contribution in [-0.2, 0) is 9.53 Å². The highest BCUT2D eigenvalue weighted by atomic mass is 16.5. The van der Waals surface area contributed by atoms with Gasteiger partial charge in [0.2, 0.25) is 5.91 Å². The minimum absolute atomic E-state index is 0.236. The molecule has 0 bridgehead atoms. The third-order valence-electron chi connectivity index (χ3n) is 5.20. The normalized spacial score (nSPS) is 19.5. The third-order valence-corrected chi connectivity index (χ3v) is 5.20. The maximum atomic E-state index is 12.3. The number of carbonyl (C=O) groups is 1. The molecular weight excluding hydrogens is 330 g/mol. The number of benzene rings is 1. The summed E-state index contributed by atoms with van der Waals surface area (Å²) >= 11 is 0. The molecule has 6 nitrogen and oxygen atoms in total. The van der Waals surface area contributed by atoms with E-state index in [0.717, 1.165) is 51.6 Å². The molecule has 1 aromatic rings. The van der Waals surface area contributed by atoms with Crippen LogP contribution in [0.25, 0.3) is 0 Å². The van der Waals surface area contributed by atoms with E-state index in [9.17, 15) is 4.79 Å². The molecule has 2 saturated heterocycles. The Morgan fingerprint density at radius 3 is 2.46 bits per heavy atom. The van der Waals surface area contributed by atoms with Gasteiger partial charge in [0.1, 0.15) is 12.4 Å². The second kappa shape index (κ2) is 9.35. The molecular formula is C20H31N3O3. The smallest absolute Gasteiger partial charge is 0.236 e. The topological polar surface area (TPSA) is 45.2 Å². The zero-order valence-electron chi connectivity index (χ0n) is 16.1. The molecule has 6 heteroatoms. The molecule has 2 heterocycles. The molecule has 0 radical (unpaired) electrons. The Morgan fingerprint density at radius 1 is 1.04 bits per heavy atom. The van der Waals surface area contributed by atoms with E-state index in [4.69, 9.17) is 9.47 Å². The van der Waals surface area contributed by atoms with Gasteiger partial charge in [0.15, 0.2) is 0 Å². The second-order valence-electron chi connectivity index (χ2n) is 7.23. The lowest BCUT2D eigenvalue weighted by atomic mass is 10.1. The molecule has 0 aliphatic carbocycles. The van der Waals surface area contributed by atoms with E-state index in [1.54, 1.807) is 0 Å². The highest BCUT2D eigenvalue weighted by Gasteiger charge is 2.22. The SMILES string of the molecule is Cc1ccc(C)c(OCCN2CCN(CC(=O)N3CCOCC3)CC2)c1. The first kappa shape index (κ1) is 19.1. The van der Waals surface area contributed by atoms with Gasteiger partial charge in [-0.1, -0.05) is 12.1 Å². The lowest BCUT2D eigenvalue weighted by molar-refractivity contribution is -0.136. The molecule has 144 valence electrons. The highest BCUT2D eigenvalue weighted by Crippen LogP contribution is 2.19. The Balaban J connectivity index is 1.34. The van der Waals surface area contributed by atoms with Crippen LogP contribution in [0.15, 0.2) is 18.2 Å². The van der Waals surface area contributed by atoms with Crippen molar-refractivity contribution in [3.8, 4) is 5.75 Å². The fourth-order valence-corrected chi connectivity index (χ4v) is 3.42. The molecule has 1 amide bonds. The van der Waals surface area contributed by atoms with Crippen LogP contribution in [-0.4, -0.2) is 92.8 Å². The van der Waals surface area contributed by atoms with Crippen LogP contribution in [0.5, 0.6) is 5.75 Å². The van der Waals surface area contributed by atoms with E-state index < -0.39 is 0 Å². The van der Waals surface area contributed by atoms with E-state index >= 15 is 0 Å². The molecule has 3 rings (SSSR count). The van der Waals surface area contributed by atoms with E-state index in [1.807, 2.05) is 4.90 Å². The van der Waals surface area contributed by atoms with Crippen molar-refractivity contribution >= 4 is 5.91 Å². The minimum Gasteiger partial charge on any atom is -0.492 e. The molecule has 2 aliphatic heterocycles. The molecule has 0 unspecified atom stereocenters. The number of piperazine rings is 1. The number of nitrogens with zero attached hydrogens (tertiary/aromatic N) is 3. The molecule has 2 aliphatic rings. The summed E-state index contributed by atoms with van der Waals surface area (Å²) in [5.41, 5.74) is 2.41. The Hall–Kier alpha value is -1.63. The summed E-state index contributed by atoms with van der Waals surface area (Å²) in [4.78, 5) is 18.9. The van der Waals surface area contributed by atoms with Crippen LogP contribution in [0.2, 0.25) is 0 Å². The average molecular weight is 361 g/mol. The first-order valence-corrected chi connectivity index (χ1v) is 9.62. The maximum absolute atomic E-state index is 12.3. The van der Waals surface area contributed by atoms with Gasteiger partial charge in [-0.25, -0.2) is 0 Å². The van der Waals surface area contributed by atoms with Gasteiger partial charge in [-0.2, -0.15) is 0 Å². The van der Waals surface area contributed by atoms with Gasteiger partial charge in [-0.05, 0) is 31.0 Å². The van der Waals surface area contributed by atoms with E-state index in [0.29, 0.717) is 26.4 Å².